The minimum Gasteiger partial charge on any atom is -0.394 e. The third-order valence-corrected chi connectivity index (χ3v) is 9.23. The number of hydrogen-bond donors (Lipinski definition) is 6. The molecule has 21 heteroatoms. The molecule has 0 aromatic carbocycles. The molecule has 4 aromatic rings. The maximum atomic E-state index is 16.1. The van der Waals surface area contributed by atoms with Crippen molar-refractivity contribution in [3.8, 4) is 0 Å². The molecule has 6 rings (SSSR count). The first kappa shape index (κ1) is 29.3. The Morgan fingerprint density at radius 1 is 1.31 bits per heavy atom. The van der Waals surface area contributed by atoms with Gasteiger partial charge in [0, 0.05) is 6.20 Å². The van der Waals surface area contributed by atoms with E-state index < -0.39 is 73.7 Å². The van der Waals surface area contributed by atoms with Crippen LogP contribution in [0.2, 0.25) is 0 Å². The molecule has 4 aromatic heterocycles. The minimum absolute atomic E-state index is 0.0275. The van der Waals surface area contributed by atoms with Crippen LogP contribution in [0.15, 0.2) is 29.7 Å². The maximum absolute atomic E-state index is 16.1. The summed E-state index contributed by atoms with van der Waals surface area (Å²) in [5.41, 5.74) is 7.25. The number of hydrogen-bond acceptors (Lipinski definition) is 14. The number of anilines is 2. The number of ether oxygens (including phenoxy) is 2. The lowest BCUT2D eigenvalue weighted by molar-refractivity contribution is -0.0493. The van der Waals surface area contributed by atoms with Crippen LogP contribution in [-0.4, -0.2) is 94.7 Å². The zero-order valence-electron chi connectivity index (χ0n) is 21.2. The van der Waals surface area contributed by atoms with E-state index in [1.54, 1.807) is 0 Å². The number of fused-ring (bicyclic) bond motifs is 2. The molecule has 8 atom stereocenters. The number of nitrogens with zero attached hydrogens (tertiary/aromatic N) is 6. The summed E-state index contributed by atoms with van der Waals surface area (Å²) in [5.74, 6) is -2.51. The number of halogens is 2. The van der Waals surface area contributed by atoms with Crippen LogP contribution >= 0.6 is 17.9 Å². The number of aliphatic hydroxyl groups excluding tert-OH is 2. The van der Waals surface area contributed by atoms with E-state index in [2.05, 4.69) is 37.2 Å². The van der Waals surface area contributed by atoms with E-state index in [9.17, 15) is 15.0 Å². The summed E-state index contributed by atoms with van der Waals surface area (Å²) in [6.45, 7) is -1.73. The second-order valence-electron chi connectivity index (χ2n) is 9.60. The van der Waals surface area contributed by atoms with Crippen molar-refractivity contribution in [2.45, 2.75) is 42.6 Å². The number of nitrogens with two attached hydrogens (primary N) is 2. The summed E-state index contributed by atoms with van der Waals surface area (Å²) in [6, 6.07) is 1.51. The summed E-state index contributed by atoms with van der Waals surface area (Å²) in [7, 11) is 0. The standard InChI is InChI=1S/C21H24F2N9O7PS2/c22-11-9(3-33)38-19(31-7-28-12-17(31)29-20(25)30-18(12)35)13(11)39-40(41,42)37-4-10-14(34)21(23,5-36-10)32-2-1-8-15(24)26-6-27-16(8)32/h1-2,6-7,9-11,13-14,19,33-34H,3-5H2,(H,41,42)(H2,24,26,27)(H3,25,29,30,35)/t9-,10-,11+,13-,14-,19-,21-/m1/s1. The van der Waals surface area contributed by atoms with E-state index in [1.165, 1.54) is 29.5 Å². The smallest absolute Gasteiger partial charge is 0.280 e. The van der Waals surface area contributed by atoms with E-state index in [-0.39, 0.29) is 28.6 Å². The second kappa shape index (κ2) is 10.7. The van der Waals surface area contributed by atoms with Gasteiger partial charge in [-0.15, -0.1) is 0 Å². The number of thiol groups is 1. The average Bonchev–Trinajstić information content (AvgIpc) is 3.70. The Labute approximate surface area is 244 Å². The van der Waals surface area contributed by atoms with Crippen molar-refractivity contribution in [2.24, 2.45) is 0 Å². The molecule has 2 aliphatic heterocycles. The van der Waals surface area contributed by atoms with Crippen molar-refractivity contribution in [1.82, 2.24) is 34.1 Å². The number of aromatic nitrogens is 7. The predicted octanol–water partition coefficient (Wildman–Crippen LogP) is -0.105. The predicted molar refractivity (Wildman–Crippen MR) is 149 cm³/mol. The third-order valence-electron chi connectivity index (χ3n) is 7.04. The second-order valence-corrected chi connectivity index (χ2v) is 14.8. The highest BCUT2D eigenvalue weighted by molar-refractivity contribution is 8.60. The van der Waals surface area contributed by atoms with Crippen molar-refractivity contribution < 1.29 is 37.5 Å². The van der Waals surface area contributed by atoms with E-state index in [4.69, 9.17) is 41.8 Å². The molecule has 226 valence electrons. The SMILES string of the molecule is Nc1nc2c(ncn2[C@@H]2O[C@H](CO)[C@H](F)[C@H]2OP(=S)(S)OC[C@H]2OC[C@@](F)(n3ccc4c(N)ncnc43)[C@@H]2O)c(=O)[nH]1. The first-order valence-electron chi connectivity index (χ1n) is 12.3. The van der Waals surface area contributed by atoms with Crippen molar-refractivity contribution in [2.75, 3.05) is 31.3 Å². The Kier molecular flexibility index (Phi) is 7.47. The Hall–Kier alpha value is -2.81. The molecule has 1 unspecified atom stereocenters. The van der Waals surface area contributed by atoms with Gasteiger partial charge in [-0.05, 0) is 17.9 Å². The largest absolute Gasteiger partial charge is 0.394 e. The summed E-state index contributed by atoms with van der Waals surface area (Å²) in [5, 5.41) is 20.9. The molecular formula is C21H24F2N9O7PS2. The van der Waals surface area contributed by atoms with Gasteiger partial charge in [0.05, 0.1) is 24.9 Å². The fraction of sp³-hybridized carbons (Fsp3) is 0.476. The molecule has 0 amide bonds. The quantitative estimate of drug-likeness (QED) is 0.109. The van der Waals surface area contributed by atoms with Crippen LogP contribution in [0.3, 0.4) is 0 Å². The van der Waals surface area contributed by atoms with E-state index in [0.717, 1.165) is 4.57 Å². The zero-order chi connectivity index (χ0) is 30.0. The zero-order valence-corrected chi connectivity index (χ0v) is 23.8. The average molecular weight is 648 g/mol. The van der Waals surface area contributed by atoms with Crippen LogP contribution in [-0.2, 0) is 36.1 Å². The molecule has 16 nitrogen and oxygen atoms in total. The van der Waals surface area contributed by atoms with Gasteiger partial charge in [-0.25, -0.2) is 23.7 Å². The molecule has 0 aliphatic carbocycles. The van der Waals surface area contributed by atoms with E-state index >= 15 is 8.78 Å². The van der Waals surface area contributed by atoms with Gasteiger partial charge >= 0.3 is 0 Å². The van der Waals surface area contributed by atoms with Crippen LogP contribution < -0.4 is 17.0 Å². The minimum atomic E-state index is -3.64. The topological polar surface area (TPSA) is 224 Å². The monoisotopic (exact) mass is 647 g/mol. The number of nitrogen functional groups attached to an aromatic ring is 2. The van der Waals surface area contributed by atoms with Crippen molar-refractivity contribution in [1.29, 1.82) is 0 Å². The van der Waals surface area contributed by atoms with Gasteiger partial charge in [-0.1, -0.05) is 12.2 Å². The number of nitrogens with one attached hydrogen (secondary N) is 1. The molecule has 0 bridgehead atoms. The number of alkyl halides is 2. The van der Waals surface area contributed by atoms with Gasteiger partial charge in [0.15, 0.2) is 23.6 Å². The first-order chi connectivity index (χ1) is 19.9. The Morgan fingerprint density at radius 2 is 2.10 bits per heavy atom. The van der Waals surface area contributed by atoms with Gasteiger partial charge in [-0.2, -0.15) is 4.98 Å². The molecule has 0 saturated carbocycles. The van der Waals surface area contributed by atoms with E-state index in [1.807, 2.05) is 0 Å². The molecular weight excluding hydrogens is 623 g/mol. The first-order valence-corrected chi connectivity index (χ1v) is 16.1. The van der Waals surface area contributed by atoms with Crippen molar-refractivity contribution in [3.05, 3.63) is 35.3 Å². The maximum Gasteiger partial charge on any atom is 0.280 e. The molecule has 0 radical (unpaired) electrons. The highest BCUT2D eigenvalue weighted by Crippen LogP contribution is 2.57. The third kappa shape index (κ3) is 4.85. The van der Waals surface area contributed by atoms with Crippen LogP contribution in [0.4, 0.5) is 20.5 Å². The molecule has 2 saturated heterocycles. The van der Waals surface area contributed by atoms with Crippen LogP contribution in [0.25, 0.3) is 22.2 Å². The lowest BCUT2D eigenvalue weighted by Gasteiger charge is -2.28. The highest BCUT2D eigenvalue weighted by Gasteiger charge is 2.53. The molecule has 0 spiro atoms. The van der Waals surface area contributed by atoms with E-state index in [0.29, 0.717) is 5.39 Å². The number of H-pyrrole nitrogens is 1. The molecule has 42 heavy (non-hydrogen) atoms. The van der Waals surface area contributed by atoms with Crippen LogP contribution in [0.1, 0.15) is 6.23 Å². The molecule has 2 fully saturated rings. The summed E-state index contributed by atoms with van der Waals surface area (Å²) in [6.07, 6.45) is -5.31. The van der Waals surface area contributed by atoms with Crippen LogP contribution in [0, 0.1) is 0 Å². The number of aliphatic hydroxyl groups is 2. The number of aromatic amines is 1. The molecule has 2 aliphatic rings. The van der Waals surface area contributed by atoms with Crippen molar-refractivity contribution in [3.63, 3.8) is 0 Å². The fourth-order valence-electron chi connectivity index (χ4n) is 4.97. The molecule has 6 heterocycles. The Balaban J connectivity index is 1.19. The lowest BCUT2D eigenvalue weighted by atomic mass is 10.1. The van der Waals surface area contributed by atoms with Gasteiger partial charge in [0.25, 0.3) is 5.56 Å². The fourth-order valence-corrected chi connectivity index (χ4v) is 6.90. The van der Waals surface area contributed by atoms with Crippen molar-refractivity contribution >= 4 is 63.7 Å². The van der Waals surface area contributed by atoms with Gasteiger partial charge in [0.2, 0.25) is 17.4 Å². The lowest BCUT2D eigenvalue weighted by Crippen LogP contribution is -2.43. The molecule has 7 N–H and O–H groups in total. The normalized spacial score (nSPS) is 31.3. The van der Waals surface area contributed by atoms with Gasteiger partial charge < -0.3 is 40.2 Å². The van der Waals surface area contributed by atoms with Crippen LogP contribution in [0.5, 0.6) is 0 Å². The summed E-state index contributed by atoms with van der Waals surface area (Å²) >= 11 is 9.66. The summed E-state index contributed by atoms with van der Waals surface area (Å²) < 4.78 is 56.3. The van der Waals surface area contributed by atoms with Gasteiger partial charge in [0.1, 0.15) is 48.8 Å². The number of imidazole rings is 1. The Bertz CT molecular complexity index is 1760. The van der Waals surface area contributed by atoms with Gasteiger partial charge in [-0.3, -0.25) is 18.9 Å². The number of rotatable bonds is 8. The highest BCUT2D eigenvalue weighted by atomic mass is 32.9. The Morgan fingerprint density at radius 3 is 2.86 bits per heavy atom. The summed E-state index contributed by atoms with van der Waals surface area (Å²) in [4.78, 5) is 30.5.